The standard InChI is InChI=1S/C24H31NO3S2/c1-15(16-7-8-16)20-10-9-17-5-4-6-21(17)22(20)12-19(26)14-30(25,28)23-11-18(13-29-23)24(2,3)27/h9-11,13,15-16,25,27H,4-8,12,14H2,1-3H3/t15-,30+/m0/s1. The van der Waals surface area contributed by atoms with Crippen molar-refractivity contribution in [1.82, 2.24) is 0 Å². The van der Waals surface area contributed by atoms with Crippen LogP contribution in [-0.2, 0) is 39.4 Å². The number of fused-ring (bicyclic) bond motifs is 1. The monoisotopic (exact) mass is 445 g/mol. The summed E-state index contributed by atoms with van der Waals surface area (Å²) in [6.45, 7) is 5.59. The fourth-order valence-electron chi connectivity index (χ4n) is 4.60. The molecule has 2 aliphatic rings. The number of aryl methyl sites for hydroxylation is 1. The summed E-state index contributed by atoms with van der Waals surface area (Å²) in [7, 11) is -3.21. The van der Waals surface area contributed by atoms with Gasteiger partial charge >= 0.3 is 0 Å². The minimum absolute atomic E-state index is 0.127. The predicted molar refractivity (Wildman–Crippen MR) is 122 cm³/mol. The predicted octanol–water partition coefficient (Wildman–Crippen LogP) is 5.20. The minimum Gasteiger partial charge on any atom is -0.386 e. The number of Topliss-reactive ketones (excluding diaryl/α,β-unsaturated/α-hetero) is 1. The van der Waals surface area contributed by atoms with E-state index < -0.39 is 15.3 Å². The van der Waals surface area contributed by atoms with Crippen LogP contribution in [0.5, 0.6) is 0 Å². The maximum atomic E-state index is 13.1. The van der Waals surface area contributed by atoms with Crippen LogP contribution in [0, 0.1) is 10.7 Å². The molecule has 4 nitrogen and oxygen atoms in total. The van der Waals surface area contributed by atoms with Crippen molar-refractivity contribution >= 4 is 26.8 Å². The van der Waals surface area contributed by atoms with E-state index in [4.69, 9.17) is 4.78 Å². The number of carbonyl (C=O) groups is 1. The van der Waals surface area contributed by atoms with Gasteiger partial charge in [-0.05, 0) is 97.1 Å². The molecule has 2 aliphatic carbocycles. The van der Waals surface area contributed by atoms with Crippen molar-refractivity contribution in [3.05, 3.63) is 51.4 Å². The number of hydrogen-bond donors (Lipinski definition) is 2. The van der Waals surface area contributed by atoms with Gasteiger partial charge in [0.25, 0.3) is 0 Å². The first-order chi connectivity index (χ1) is 14.1. The van der Waals surface area contributed by atoms with Gasteiger partial charge in [0.15, 0.2) is 5.78 Å². The molecule has 30 heavy (non-hydrogen) atoms. The molecule has 1 fully saturated rings. The summed E-state index contributed by atoms with van der Waals surface area (Å²) in [5, 5.41) is 11.9. The van der Waals surface area contributed by atoms with E-state index in [1.54, 1.807) is 25.3 Å². The highest BCUT2D eigenvalue weighted by atomic mass is 32.2. The molecule has 4 rings (SSSR count). The Morgan fingerprint density at radius 3 is 2.70 bits per heavy atom. The molecule has 1 aromatic heterocycles. The molecular weight excluding hydrogens is 414 g/mol. The number of hydrogen-bond acceptors (Lipinski definition) is 5. The van der Waals surface area contributed by atoms with E-state index in [0.29, 0.717) is 21.6 Å². The molecule has 2 N–H and O–H groups in total. The van der Waals surface area contributed by atoms with Crippen molar-refractivity contribution in [2.75, 3.05) is 5.75 Å². The molecule has 1 heterocycles. The maximum Gasteiger partial charge on any atom is 0.151 e. The topological polar surface area (TPSA) is 78.2 Å². The zero-order valence-corrected chi connectivity index (χ0v) is 19.6. The highest BCUT2D eigenvalue weighted by molar-refractivity contribution is 7.95. The van der Waals surface area contributed by atoms with Gasteiger partial charge in [0.1, 0.15) is 4.21 Å². The number of benzene rings is 1. The Balaban J connectivity index is 1.57. The Labute approximate surface area is 183 Å². The number of aliphatic hydroxyl groups is 1. The molecule has 162 valence electrons. The fraction of sp³-hybridized carbons (Fsp3) is 0.542. The average Bonchev–Trinajstić information content (AvgIpc) is 3.16. The van der Waals surface area contributed by atoms with Crippen LogP contribution in [-0.4, -0.2) is 20.9 Å². The molecule has 0 spiro atoms. The first-order valence-electron chi connectivity index (χ1n) is 10.8. The van der Waals surface area contributed by atoms with E-state index in [9.17, 15) is 14.1 Å². The fourth-order valence-corrected chi connectivity index (χ4v) is 7.36. The normalized spacial score (nSPS) is 19.3. The van der Waals surface area contributed by atoms with Gasteiger partial charge in [-0.25, -0.2) is 8.99 Å². The lowest BCUT2D eigenvalue weighted by Crippen LogP contribution is -2.19. The maximum absolute atomic E-state index is 13.1. The first-order valence-corrected chi connectivity index (χ1v) is 13.4. The molecule has 6 heteroatoms. The van der Waals surface area contributed by atoms with Crippen LogP contribution < -0.4 is 0 Å². The van der Waals surface area contributed by atoms with E-state index in [1.807, 2.05) is 0 Å². The van der Waals surface area contributed by atoms with Crippen LogP contribution in [0.1, 0.15) is 73.8 Å². The Kier molecular flexibility index (Phi) is 5.71. The van der Waals surface area contributed by atoms with Crippen LogP contribution in [0.3, 0.4) is 0 Å². The van der Waals surface area contributed by atoms with E-state index in [0.717, 1.165) is 24.8 Å². The zero-order chi connectivity index (χ0) is 21.7. The summed E-state index contributed by atoms with van der Waals surface area (Å²) in [6, 6.07) is 6.07. The van der Waals surface area contributed by atoms with Crippen molar-refractivity contribution < 1.29 is 14.1 Å². The van der Waals surface area contributed by atoms with Crippen molar-refractivity contribution in [1.29, 1.82) is 4.78 Å². The minimum atomic E-state index is -3.21. The third-order valence-corrected chi connectivity index (χ3v) is 9.92. The lowest BCUT2D eigenvalue weighted by Gasteiger charge is -2.20. The number of thiophene rings is 1. The van der Waals surface area contributed by atoms with E-state index in [-0.39, 0.29) is 18.0 Å². The second kappa shape index (κ2) is 7.88. The SMILES string of the molecule is C[C@H](c1ccc2c(c1CC(=O)C[S@@](=N)(=O)c1cc(C(C)(C)O)cs1)CCC2)C1CC1. The van der Waals surface area contributed by atoms with Crippen LogP contribution in [0.15, 0.2) is 27.8 Å². The number of nitrogens with one attached hydrogen (secondary N) is 1. The second-order valence-electron chi connectivity index (χ2n) is 9.50. The summed E-state index contributed by atoms with van der Waals surface area (Å²) < 4.78 is 21.8. The Morgan fingerprint density at radius 2 is 2.07 bits per heavy atom. The third-order valence-electron chi connectivity index (χ3n) is 6.60. The molecule has 0 unspecified atom stereocenters. The van der Waals surface area contributed by atoms with Crippen LogP contribution in [0.4, 0.5) is 0 Å². The van der Waals surface area contributed by atoms with Crippen molar-refractivity contribution in [3.8, 4) is 0 Å². The zero-order valence-electron chi connectivity index (χ0n) is 18.0. The number of carbonyl (C=O) groups excluding carboxylic acids is 1. The van der Waals surface area contributed by atoms with E-state index >= 15 is 0 Å². The lowest BCUT2D eigenvalue weighted by atomic mass is 9.86. The summed E-state index contributed by atoms with van der Waals surface area (Å²) in [6.07, 6.45) is 6.00. The van der Waals surface area contributed by atoms with E-state index in [2.05, 4.69) is 19.1 Å². The molecule has 0 saturated heterocycles. The van der Waals surface area contributed by atoms with Gasteiger partial charge in [-0.3, -0.25) is 4.79 Å². The van der Waals surface area contributed by atoms with Gasteiger partial charge < -0.3 is 5.11 Å². The van der Waals surface area contributed by atoms with Gasteiger partial charge in [-0.1, -0.05) is 19.1 Å². The van der Waals surface area contributed by atoms with Crippen LogP contribution in [0.25, 0.3) is 0 Å². The first kappa shape index (κ1) is 21.7. The highest BCUT2D eigenvalue weighted by Gasteiger charge is 2.32. The van der Waals surface area contributed by atoms with Gasteiger partial charge in [-0.15, -0.1) is 11.3 Å². The molecule has 0 aliphatic heterocycles. The van der Waals surface area contributed by atoms with Crippen LogP contribution >= 0.6 is 11.3 Å². The second-order valence-corrected chi connectivity index (χ2v) is 12.7. The Bertz CT molecular complexity index is 1070. The molecule has 0 bridgehead atoms. The molecule has 1 aromatic carbocycles. The highest BCUT2D eigenvalue weighted by Crippen LogP contribution is 2.44. The van der Waals surface area contributed by atoms with Crippen molar-refractivity contribution in [2.45, 2.75) is 75.0 Å². The van der Waals surface area contributed by atoms with Crippen LogP contribution in [0.2, 0.25) is 0 Å². The molecule has 1 saturated carbocycles. The van der Waals surface area contributed by atoms with Gasteiger partial charge in [0.2, 0.25) is 0 Å². The third kappa shape index (κ3) is 4.41. The smallest absolute Gasteiger partial charge is 0.151 e. The summed E-state index contributed by atoms with van der Waals surface area (Å²) in [5.41, 5.74) is 4.69. The number of ketones is 1. The van der Waals surface area contributed by atoms with Gasteiger partial charge in [0.05, 0.1) is 21.1 Å². The molecule has 2 atom stereocenters. The lowest BCUT2D eigenvalue weighted by molar-refractivity contribution is -0.116. The number of rotatable bonds is 8. The Morgan fingerprint density at radius 1 is 1.33 bits per heavy atom. The van der Waals surface area contributed by atoms with Crippen molar-refractivity contribution in [3.63, 3.8) is 0 Å². The summed E-state index contributed by atoms with van der Waals surface area (Å²) in [4.78, 5) is 13.0. The van der Waals surface area contributed by atoms with Gasteiger partial charge in [0, 0.05) is 6.42 Å². The summed E-state index contributed by atoms with van der Waals surface area (Å²) in [5.74, 6) is 0.772. The molecule has 0 radical (unpaired) electrons. The van der Waals surface area contributed by atoms with Crippen molar-refractivity contribution in [2.24, 2.45) is 5.92 Å². The average molecular weight is 446 g/mol. The largest absolute Gasteiger partial charge is 0.386 e. The van der Waals surface area contributed by atoms with Gasteiger partial charge in [-0.2, -0.15) is 0 Å². The van der Waals surface area contributed by atoms with E-state index in [1.165, 1.54) is 40.9 Å². The Hall–Kier alpha value is -1.50. The quantitative estimate of drug-likeness (QED) is 0.586. The molecule has 0 amide bonds. The summed E-state index contributed by atoms with van der Waals surface area (Å²) >= 11 is 1.20. The molecule has 2 aromatic rings. The molecular formula is C24H31NO3S2.